The number of likely N-dealkylation sites (N-methyl/N-ethyl adjacent to an activating group) is 1. The monoisotopic (exact) mass is 342 g/mol. The van der Waals surface area contributed by atoms with E-state index in [0.29, 0.717) is 13.2 Å². The third kappa shape index (κ3) is 3.07. The van der Waals surface area contributed by atoms with Crippen LogP contribution in [0, 0.1) is 0 Å². The molecule has 0 bridgehead atoms. The Bertz CT molecular complexity index is 579. The standard InChI is InChI=1S/C9H12Cl2N4O4S/c1-14-8(6(7(10)11)12-9(14)16)13-20(17,18)15-2-4-19-5-3-15/h2-5H2,1H3,(H,12,16)/b13-8-. The van der Waals surface area contributed by atoms with Crippen LogP contribution in [0.5, 0.6) is 0 Å². The van der Waals surface area contributed by atoms with Crippen molar-refractivity contribution in [3.8, 4) is 0 Å². The van der Waals surface area contributed by atoms with Gasteiger partial charge in [0.25, 0.3) is 0 Å². The van der Waals surface area contributed by atoms with Gasteiger partial charge in [-0.05, 0) is 0 Å². The molecule has 0 aliphatic carbocycles. The van der Waals surface area contributed by atoms with Crippen LogP contribution >= 0.6 is 23.2 Å². The van der Waals surface area contributed by atoms with E-state index in [-0.39, 0.29) is 29.1 Å². The molecule has 0 aromatic heterocycles. The maximum Gasteiger partial charge on any atom is 0.327 e. The van der Waals surface area contributed by atoms with Crippen molar-refractivity contribution >= 4 is 45.3 Å². The van der Waals surface area contributed by atoms with Gasteiger partial charge in [-0.1, -0.05) is 23.2 Å². The van der Waals surface area contributed by atoms with Crippen molar-refractivity contribution in [3.63, 3.8) is 0 Å². The van der Waals surface area contributed by atoms with Gasteiger partial charge < -0.3 is 10.1 Å². The first-order valence-electron chi connectivity index (χ1n) is 5.61. The molecule has 2 fully saturated rings. The summed E-state index contributed by atoms with van der Waals surface area (Å²) in [5, 5.41) is 2.34. The van der Waals surface area contributed by atoms with E-state index in [2.05, 4.69) is 9.71 Å². The summed E-state index contributed by atoms with van der Waals surface area (Å²) in [6.45, 7) is 1.02. The molecule has 2 amide bonds. The number of hydrogen-bond donors (Lipinski definition) is 1. The fourth-order valence-electron chi connectivity index (χ4n) is 1.69. The molecule has 0 spiro atoms. The molecule has 1 N–H and O–H groups in total. The fourth-order valence-corrected chi connectivity index (χ4v) is 3.12. The highest BCUT2D eigenvalue weighted by Gasteiger charge is 2.34. The van der Waals surface area contributed by atoms with Crippen molar-refractivity contribution in [2.75, 3.05) is 33.4 Å². The van der Waals surface area contributed by atoms with Gasteiger partial charge in [-0.25, -0.2) is 4.79 Å². The van der Waals surface area contributed by atoms with E-state index in [1.165, 1.54) is 11.4 Å². The maximum absolute atomic E-state index is 12.2. The number of ether oxygens (including phenoxy) is 1. The van der Waals surface area contributed by atoms with Crippen LogP contribution in [-0.2, 0) is 14.9 Å². The van der Waals surface area contributed by atoms with Crippen LogP contribution in [0.15, 0.2) is 14.6 Å². The van der Waals surface area contributed by atoms with E-state index >= 15 is 0 Å². The summed E-state index contributed by atoms with van der Waals surface area (Å²) in [6.07, 6.45) is 0. The van der Waals surface area contributed by atoms with Gasteiger partial charge in [-0.15, -0.1) is 4.40 Å². The molecule has 112 valence electrons. The normalized spacial score (nSPS) is 23.4. The molecule has 0 aromatic carbocycles. The predicted octanol–water partition coefficient (Wildman–Crippen LogP) is 0.264. The minimum Gasteiger partial charge on any atom is -0.379 e. The van der Waals surface area contributed by atoms with Gasteiger partial charge in [0.05, 0.1) is 13.2 Å². The van der Waals surface area contributed by atoms with Crippen molar-refractivity contribution in [3.05, 3.63) is 10.2 Å². The Morgan fingerprint density at radius 1 is 1.35 bits per heavy atom. The van der Waals surface area contributed by atoms with Crippen molar-refractivity contribution in [1.82, 2.24) is 14.5 Å². The summed E-state index contributed by atoms with van der Waals surface area (Å²) in [5.41, 5.74) is -0.0299. The fraction of sp³-hybridized carbons (Fsp3) is 0.556. The number of carbonyl (C=O) groups excluding carboxylic acids is 1. The molecule has 0 atom stereocenters. The van der Waals surface area contributed by atoms with Crippen LogP contribution in [0.4, 0.5) is 4.79 Å². The average molecular weight is 343 g/mol. The zero-order valence-corrected chi connectivity index (χ0v) is 12.8. The molecule has 20 heavy (non-hydrogen) atoms. The Labute approximate surface area is 126 Å². The molecule has 0 radical (unpaired) electrons. The van der Waals surface area contributed by atoms with Crippen molar-refractivity contribution < 1.29 is 17.9 Å². The first-order chi connectivity index (χ1) is 9.33. The second-order valence-electron chi connectivity index (χ2n) is 4.03. The SMILES string of the molecule is CN1C(=O)NC(=C(Cl)Cl)/C1=N/S(=O)(=O)N1CCOCC1. The van der Waals surface area contributed by atoms with Gasteiger partial charge in [-0.3, -0.25) is 4.90 Å². The van der Waals surface area contributed by atoms with Crippen LogP contribution in [0.2, 0.25) is 0 Å². The number of amidine groups is 1. The number of morpholine rings is 1. The minimum atomic E-state index is -3.93. The maximum atomic E-state index is 12.2. The number of urea groups is 1. The van der Waals surface area contributed by atoms with E-state index in [1.54, 1.807) is 0 Å². The van der Waals surface area contributed by atoms with E-state index in [0.717, 1.165) is 4.90 Å². The molecule has 8 nitrogen and oxygen atoms in total. The molecule has 2 aliphatic heterocycles. The minimum absolute atomic E-state index is 0.0299. The van der Waals surface area contributed by atoms with E-state index < -0.39 is 16.2 Å². The highest BCUT2D eigenvalue weighted by molar-refractivity contribution is 7.88. The number of halogens is 2. The lowest BCUT2D eigenvalue weighted by Crippen LogP contribution is -2.40. The van der Waals surface area contributed by atoms with Gasteiger partial charge in [0.1, 0.15) is 10.2 Å². The Hall–Kier alpha value is -0.870. The summed E-state index contributed by atoms with van der Waals surface area (Å²) in [6, 6.07) is -0.560. The molecular weight excluding hydrogens is 331 g/mol. The topological polar surface area (TPSA) is 91.3 Å². The first kappa shape index (κ1) is 15.5. The average Bonchev–Trinajstić information content (AvgIpc) is 2.68. The number of carbonyl (C=O) groups is 1. The van der Waals surface area contributed by atoms with Crippen LogP contribution in [0.3, 0.4) is 0 Å². The number of rotatable bonds is 2. The van der Waals surface area contributed by atoms with Crippen LogP contribution in [0.1, 0.15) is 0 Å². The molecule has 0 unspecified atom stereocenters. The lowest BCUT2D eigenvalue weighted by molar-refractivity contribution is 0.0730. The lowest BCUT2D eigenvalue weighted by Gasteiger charge is -2.24. The molecular formula is C9H12Cl2N4O4S. The molecule has 2 aliphatic rings. The third-order valence-corrected chi connectivity index (χ3v) is 4.56. The number of nitrogens with zero attached hydrogens (tertiary/aromatic N) is 3. The van der Waals surface area contributed by atoms with E-state index in [1.807, 2.05) is 0 Å². The zero-order valence-electron chi connectivity index (χ0n) is 10.5. The molecule has 0 saturated carbocycles. The molecule has 11 heteroatoms. The second kappa shape index (κ2) is 5.86. The Morgan fingerprint density at radius 3 is 2.50 bits per heavy atom. The zero-order chi connectivity index (χ0) is 14.9. The number of hydrogen-bond acceptors (Lipinski definition) is 4. The van der Waals surface area contributed by atoms with Crippen LogP contribution < -0.4 is 5.32 Å². The quantitative estimate of drug-likeness (QED) is 0.779. The molecule has 2 saturated heterocycles. The van der Waals surface area contributed by atoms with Gasteiger partial charge in [0.2, 0.25) is 0 Å². The largest absolute Gasteiger partial charge is 0.379 e. The summed E-state index contributed by atoms with van der Waals surface area (Å²) in [4.78, 5) is 12.5. The smallest absolute Gasteiger partial charge is 0.327 e. The molecule has 2 rings (SSSR count). The first-order valence-corrected chi connectivity index (χ1v) is 7.76. The summed E-state index contributed by atoms with van der Waals surface area (Å²) < 4.78 is 34.0. The van der Waals surface area contributed by atoms with Gasteiger partial charge in [0.15, 0.2) is 5.84 Å². The Morgan fingerprint density at radius 2 is 1.95 bits per heavy atom. The molecule has 2 heterocycles. The summed E-state index contributed by atoms with van der Waals surface area (Å²) in [5.74, 6) is -0.138. The highest BCUT2D eigenvalue weighted by atomic mass is 35.5. The number of nitrogens with one attached hydrogen (secondary N) is 1. The van der Waals surface area contributed by atoms with Crippen molar-refractivity contribution in [2.24, 2.45) is 4.40 Å². The second-order valence-corrected chi connectivity index (χ2v) is 6.57. The van der Waals surface area contributed by atoms with Crippen molar-refractivity contribution in [1.29, 1.82) is 0 Å². The van der Waals surface area contributed by atoms with Crippen LogP contribution in [0.25, 0.3) is 0 Å². The lowest BCUT2D eigenvalue weighted by atomic mass is 10.5. The number of amides is 2. The van der Waals surface area contributed by atoms with Crippen molar-refractivity contribution in [2.45, 2.75) is 0 Å². The van der Waals surface area contributed by atoms with Gasteiger partial charge >= 0.3 is 16.2 Å². The van der Waals surface area contributed by atoms with Gasteiger partial charge in [0, 0.05) is 20.1 Å². The predicted molar refractivity (Wildman–Crippen MR) is 73.8 cm³/mol. The highest BCUT2D eigenvalue weighted by Crippen LogP contribution is 2.21. The van der Waals surface area contributed by atoms with E-state index in [9.17, 15) is 13.2 Å². The van der Waals surface area contributed by atoms with E-state index in [4.69, 9.17) is 27.9 Å². The summed E-state index contributed by atoms with van der Waals surface area (Å²) in [7, 11) is -2.57. The summed E-state index contributed by atoms with van der Waals surface area (Å²) >= 11 is 11.2. The Balaban J connectivity index is 2.37. The third-order valence-electron chi connectivity index (χ3n) is 2.77. The Kier molecular flexibility index (Phi) is 4.55. The van der Waals surface area contributed by atoms with Crippen LogP contribution in [-0.4, -0.2) is 62.8 Å². The van der Waals surface area contributed by atoms with Gasteiger partial charge in [-0.2, -0.15) is 12.7 Å². The molecule has 0 aromatic rings.